The van der Waals surface area contributed by atoms with Gasteiger partial charge in [0.05, 0.1) is 24.8 Å². The molecule has 0 radical (unpaired) electrons. The van der Waals surface area contributed by atoms with Crippen LogP contribution in [0.25, 0.3) is 11.3 Å². The highest BCUT2D eigenvalue weighted by molar-refractivity contribution is 6.99. The van der Waals surface area contributed by atoms with Crippen LogP contribution in [0.2, 0.25) is 5.02 Å². The minimum absolute atomic E-state index is 0.116. The summed E-state index contributed by atoms with van der Waals surface area (Å²) in [4.78, 5) is 25.6. The first-order valence-corrected chi connectivity index (χ1v) is 9.26. The minimum Gasteiger partial charge on any atom is -0.469 e. The van der Waals surface area contributed by atoms with Crippen molar-refractivity contribution in [2.75, 3.05) is 26.8 Å². The van der Waals surface area contributed by atoms with E-state index in [4.69, 9.17) is 21.1 Å². The van der Waals surface area contributed by atoms with Gasteiger partial charge in [-0.1, -0.05) is 23.7 Å². The molecule has 0 aliphatic carbocycles. The predicted molar refractivity (Wildman–Crippen MR) is 97.2 cm³/mol. The molecule has 3 rings (SSSR count). The maximum Gasteiger partial charge on any atom is 0.308 e. The Kier molecular flexibility index (Phi) is 6.05. The number of halogens is 1. The van der Waals surface area contributed by atoms with E-state index < -0.39 is 0 Å². The van der Waals surface area contributed by atoms with Crippen LogP contribution in [-0.4, -0.2) is 52.3 Å². The van der Waals surface area contributed by atoms with Crippen LogP contribution in [-0.2, 0) is 14.3 Å². The van der Waals surface area contributed by atoms with Gasteiger partial charge < -0.3 is 14.4 Å². The quantitative estimate of drug-likeness (QED) is 0.724. The number of hydrogen-bond donors (Lipinski definition) is 0. The number of carbonyl (C=O) groups is 2. The van der Waals surface area contributed by atoms with Gasteiger partial charge in [0.1, 0.15) is 5.69 Å². The lowest BCUT2D eigenvalue weighted by Gasteiger charge is -2.30. The van der Waals surface area contributed by atoms with Crippen LogP contribution in [0.4, 0.5) is 0 Å². The number of piperidine rings is 1. The summed E-state index contributed by atoms with van der Waals surface area (Å²) in [6.07, 6.45) is 1.21. The topological polar surface area (TPSA) is 81.6 Å². The Hall–Kier alpha value is -2.19. The number of ether oxygens (including phenoxy) is 2. The average molecular weight is 396 g/mol. The van der Waals surface area contributed by atoms with Gasteiger partial charge in [0, 0.05) is 23.7 Å². The standard InChI is InChI=1S/C17H18ClN3O4S/c1-24-17(23)12-6-8-21(9-7-12)14(22)10-25-16-15(19-26-20-16)11-2-4-13(18)5-3-11/h2-5,12H,6-10H2,1H3. The van der Waals surface area contributed by atoms with Gasteiger partial charge in [-0.15, -0.1) is 4.37 Å². The number of likely N-dealkylation sites (tertiary alicyclic amines) is 1. The molecule has 138 valence electrons. The molecule has 7 nitrogen and oxygen atoms in total. The monoisotopic (exact) mass is 395 g/mol. The first-order chi connectivity index (χ1) is 12.6. The minimum atomic E-state index is -0.213. The average Bonchev–Trinajstić information content (AvgIpc) is 3.14. The third-order valence-corrected chi connectivity index (χ3v) is 5.05. The van der Waals surface area contributed by atoms with E-state index in [1.165, 1.54) is 7.11 Å². The molecule has 1 aromatic heterocycles. The van der Waals surface area contributed by atoms with Gasteiger partial charge >= 0.3 is 5.97 Å². The number of methoxy groups -OCH3 is 1. The largest absolute Gasteiger partial charge is 0.469 e. The van der Waals surface area contributed by atoms with Crippen molar-refractivity contribution in [2.45, 2.75) is 12.8 Å². The molecule has 1 aromatic carbocycles. The Morgan fingerprint density at radius 3 is 2.58 bits per heavy atom. The normalized spacial score (nSPS) is 14.9. The van der Waals surface area contributed by atoms with Crippen molar-refractivity contribution in [3.63, 3.8) is 0 Å². The maximum absolute atomic E-state index is 12.4. The van der Waals surface area contributed by atoms with Crippen LogP contribution in [0.5, 0.6) is 5.88 Å². The summed E-state index contributed by atoms with van der Waals surface area (Å²) in [5, 5.41) is 0.630. The number of nitrogens with zero attached hydrogens (tertiary/aromatic N) is 3. The van der Waals surface area contributed by atoms with E-state index in [1.807, 2.05) is 12.1 Å². The van der Waals surface area contributed by atoms with Crippen molar-refractivity contribution in [2.24, 2.45) is 5.92 Å². The molecule has 26 heavy (non-hydrogen) atoms. The number of aromatic nitrogens is 2. The fourth-order valence-electron chi connectivity index (χ4n) is 2.81. The smallest absolute Gasteiger partial charge is 0.308 e. The highest BCUT2D eigenvalue weighted by atomic mass is 35.5. The second-order valence-corrected chi connectivity index (χ2v) is 6.86. The third kappa shape index (κ3) is 4.31. The van der Waals surface area contributed by atoms with Gasteiger partial charge in [0.25, 0.3) is 11.8 Å². The lowest BCUT2D eigenvalue weighted by atomic mass is 9.97. The Morgan fingerprint density at radius 2 is 1.92 bits per heavy atom. The number of hydrogen-bond acceptors (Lipinski definition) is 7. The molecule has 0 unspecified atom stereocenters. The second-order valence-electron chi connectivity index (χ2n) is 5.89. The molecule has 1 saturated heterocycles. The van der Waals surface area contributed by atoms with E-state index in [1.54, 1.807) is 17.0 Å². The van der Waals surface area contributed by atoms with Crippen molar-refractivity contribution >= 4 is 35.2 Å². The molecule has 1 fully saturated rings. The summed E-state index contributed by atoms with van der Waals surface area (Å²) in [6, 6.07) is 7.17. The number of esters is 1. The fraction of sp³-hybridized carbons (Fsp3) is 0.412. The van der Waals surface area contributed by atoms with E-state index in [9.17, 15) is 9.59 Å². The maximum atomic E-state index is 12.4. The summed E-state index contributed by atoms with van der Waals surface area (Å²) in [5.74, 6) is -0.155. The van der Waals surface area contributed by atoms with Gasteiger partial charge in [-0.05, 0) is 25.0 Å². The van der Waals surface area contributed by atoms with Gasteiger partial charge in [0.15, 0.2) is 6.61 Å². The van der Waals surface area contributed by atoms with Crippen molar-refractivity contribution in [3.05, 3.63) is 29.3 Å². The van der Waals surface area contributed by atoms with Crippen molar-refractivity contribution in [1.29, 1.82) is 0 Å². The number of carbonyl (C=O) groups excluding carboxylic acids is 2. The number of rotatable bonds is 5. The van der Waals surface area contributed by atoms with Crippen LogP contribution >= 0.6 is 23.3 Å². The molecule has 2 heterocycles. The molecular formula is C17H18ClN3O4S. The Morgan fingerprint density at radius 1 is 1.23 bits per heavy atom. The van der Waals surface area contributed by atoms with E-state index in [0.717, 1.165) is 17.3 Å². The van der Waals surface area contributed by atoms with E-state index in [-0.39, 0.29) is 24.4 Å². The summed E-state index contributed by atoms with van der Waals surface area (Å²) < 4.78 is 18.7. The molecule has 0 atom stereocenters. The van der Waals surface area contributed by atoms with Gasteiger partial charge in [-0.3, -0.25) is 9.59 Å². The molecule has 1 amide bonds. The zero-order valence-electron chi connectivity index (χ0n) is 14.2. The van der Waals surface area contributed by atoms with Crippen molar-refractivity contribution < 1.29 is 19.1 Å². The number of benzene rings is 1. The van der Waals surface area contributed by atoms with E-state index in [2.05, 4.69) is 8.75 Å². The summed E-state index contributed by atoms with van der Waals surface area (Å²) >= 11 is 6.92. The zero-order valence-corrected chi connectivity index (χ0v) is 15.8. The predicted octanol–water partition coefficient (Wildman–Crippen LogP) is 2.65. The third-order valence-electron chi connectivity index (χ3n) is 4.29. The lowest BCUT2D eigenvalue weighted by Crippen LogP contribution is -2.42. The molecule has 0 saturated carbocycles. The molecular weight excluding hydrogens is 378 g/mol. The molecule has 0 spiro atoms. The van der Waals surface area contributed by atoms with Crippen LogP contribution in [0.15, 0.2) is 24.3 Å². The molecule has 2 aromatic rings. The summed E-state index contributed by atoms with van der Waals surface area (Å²) in [6.45, 7) is 0.914. The Labute approximate surface area is 160 Å². The van der Waals surface area contributed by atoms with Gasteiger partial charge in [-0.25, -0.2) is 0 Å². The van der Waals surface area contributed by atoms with E-state index >= 15 is 0 Å². The van der Waals surface area contributed by atoms with E-state index in [0.29, 0.717) is 42.5 Å². The Bertz CT molecular complexity index is 773. The van der Waals surface area contributed by atoms with Crippen LogP contribution in [0.1, 0.15) is 12.8 Å². The molecule has 9 heteroatoms. The molecule has 0 N–H and O–H groups in total. The highest BCUT2D eigenvalue weighted by Crippen LogP contribution is 2.28. The molecule has 1 aliphatic heterocycles. The Balaban J connectivity index is 1.55. The highest BCUT2D eigenvalue weighted by Gasteiger charge is 2.28. The fourth-order valence-corrected chi connectivity index (χ4v) is 3.46. The van der Waals surface area contributed by atoms with Crippen LogP contribution in [0.3, 0.4) is 0 Å². The van der Waals surface area contributed by atoms with Gasteiger partial charge in [-0.2, -0.15) is 4.37 Å². The van der Waals surface area contributed by atoms with Crippen LogP contribution in [0, 0.1) is 5.92 Å². The molecule has 1 aliphatic rings. The van der Waals surface area contributed by atoms with Crippen LogP contribution < -0.4 is 4.74 Å². The number of amides is 1. The second kappa shape index (κ2) is 8.46. The first kappa shape index (κ1) is 18.6. The summed E-state index contributed by atoms with van der Waals surface area (Å²) in [7, 11) is 1.38. The lowest BCUT2D eigenvalue weighted by molar-refractivity contribution is -0.149. The van der Waals surface area contributed by atoms with Crippen molar-refractivity contribution in [3.8, 4) is 17.1 Å². The van der Waals surface area contributed by atoms with Gasteiger partial charge in [0.2, 0.25) is 0 Å². The first-order valence-electron chi connectivity index (χ1n) is 8.15. The molecule has 0 bridgehead atoms. The van der Waals surface area contributed by atoms with Crippen molar-refractivity contribution in [1.82, 2.24) is 13.6 Å². The SMILES string of the molecule is COC(=O)C1CCN(C(=O)COc2nsnc2-c2ccc(Cl)cc2)CC1. The summed E-state index contributed by atoms with van der Waals surface area (Å²) in [5.41, 5.74) is 1.41. The zero-order chi connectivity index (χ0) is 18.5.